The van der Waals surface area contributed by atoms with Gasteiger partial charge in [0.2, 0.25) is 0 Å². The number of amides is 1. The molecule has 1 N–H and O–H groups in total. The fourth-order valence-corrected chi connectivity index (χ4v) is 2.26. The molecular weight excluding hydrogens is 364 g/mol. The van der Waals surface area contributed by atoms with E-state index in [2.05, 4.69) is 5.32 Å². The number of carbonyl (C=O) groups excluding carboxylic acids is 2. The summed E-state index contributed by atoms with van der Waals surface area (Å²) in [6, 6.07) is 10.3. The highest BCUT2D eigenvalue weighted by Gasteiger charge is 2.19. The molecule has 0 heterocycles. The molecule has 0 radical (unpaired) electrons. The monoisotopic (exact) mass is 378 g/mol. The fourth-order valence-electron chi connectivity index (χ4n) is 2.05. The van der Waals surface area contributed by atoms with E-state index in [1.807, 2.05) is 0 Å². The van der Waals surface area contributed by atoms with Crippen molar-refractivity contribution < 1.29 is 24.0 Å². The molecule has 0 bridgehead atoms. The van der Waals surface area contributed by atoms with E-state index in [0.29, 0.717) is 12.4 Å². The minimum Gasteiger partial charge on any atom is -0.494 e. The number of anilines is 1. The van der Waals surface area contributed by atoms with Crippen LogP contribution in [0.2, 0.25) is 5.02 Å². The first-order chi connectivity index (χ1) is 12.4. The highest BCUT2D eigenvalue weighted by molar-refractivity contribution is 6.33. The van der Waals surface area contributed by atoms with Crippen LogP contribution in [0.25, 0.3) is 0 Å². The van der Waals surface area contributed by atoms with Gasteiger partial charge >= 0.3 is 5.97 Å². The van der Waals surface area contributed by atoms with Crippen LogP contribution in [-0.2, 0) is 9.53 Å². The van der Waals surface area contributed by atoms with Crippen LogP contribution in [0.4, 0.5) is 11.4 Å². The second-order valence-corrected chi connectivity index (χ2v) is 5.38. The summed E-state index contributed by atoms with van der Waals surface area (Å²) >= 11 is 5.87. The lowest BCUT2D eigenvalue weighted by molar-refractivity contribution is -0.384. The molecule has 0 saturated heterocycles. The van der Waals surface area contributed by atoms with Crippen molar-refractivity contribution in [1.82, 2.24) is 0 Å². The zero-order chi connectivity index (χ0) is 19.1. The van der Waals surface area contributed by atoms with E-state index in [1.54, 1.807) is 19.1 Å². The summed E-state index contributed by atoms with van der Waals surface area (Å²) in [5.74, 6) is -1.19. The summed E-state index contributed by atoms with van der Waals surface area (Å²) in [7, 11) is 0. The van der Waals surface area contributed by atoms with Crippen molar-refractivity contribution in [2.45, 2.75) is 6.92 Å². The van der Waals surface area contributed by atoms with Crippen LogP contribution < -0.4 is 10.1 Å². The van der Waals surface area contributed by atoms with Crippen LogP contribution >= 0.6 is 11.6 Å². The Morgan fingerprint density at radius 1 is 1.23 bits per heavy atom. The van der Waals surface area contributed by atoms with E-state index in [1.165, 1.54) is 30.3 Å². The van der Waals surface area contributed by atoms with E-state index < -0.39 is 23.4 Å². The maximum atomic E-state index is 11.9. The van der Waals surface area contributed by atoms with E-state index in [4.69, 9.17) is 21.1 Å². The molecule has 136 valence electrons. The molecule has 0 fully saturated rings. The van der Waals surface area contributed by atoms with Crippen LogP contribution in [0.3, 0.4) is 0 Å². The molecule has 26 heavy (non-hydrogen) atoms. The molecule has 1 amide bonds. The summed E-state index contributed by atoms with van der Waals surface area (Å²) in [6.07, 6.45) is 0. The van der Waals surface area contributed by atoms with Gasteiger partial charge in [0.15, 0.2) is 6.61 Å². The smallest absolute Gasteiger partial charge is 0.340 e. The van der Waals surface area contributed by atoms with Gasteiger partial charge in [0.1, 0.15) is 11.4 Å². The first-order valence-corrected chi connectivity index (χ1v) is 7.93. The number of carbonyl (C=O) groups is 2. The number of nitrogens with zero attached hydrogens (tertiary/aromatic N) is 1. The van der Waals surface area contributed by atoms with E-state index in [-0.39, 0.29) is 22.0 Å². The minimum atomic E-state index is -0.771. The Hall–Kier alpha value is -3.13. The Labute approximate surface area is 153 Å². The third-order valence-corrected chi connectivity index (χ3v) is 3.51. The number of ether oxygens (including phenoxy) is 2. The van der Waals surface area contributed by atoms with Gasteiger partial charge in [-0.25, -0.2) is 4.79 Å². The average Bonchev–Trinajstić information content (AvgIpc) is 2.61. The SMILES string of the molecule is CCOc1ccc(NC(=O)COC(=O)c2ccccc2Cl)c([N+](=O)[O-])c1. The van der Waals surface area contributed by atoms with Crippen molar-refractivity contribution in [3.63, 3.8) is 0 Å². The Bertz CT molecular complexity index is 840. The van der Waals surface area contributed by atoms with Gasteiger partial charge in [0.25, 0.3) is 11.6 Å². The highest BCUT2D eigenvalue weighted by Crippen LogP contribution is 2.29. The van der Waals surface area contributed by atoms with Gasteiger partial charge in [-0.15, -0.1) is 0 Å². The normalized spacial score (nSPS) is 10.1. The molecule has 2 aromatic rings. The van der Waals surface area contributed by atoms with Crippen LogP contribution in [0.5, 0.6) is 5.75 Å². The highest BCUT2D eigenvalue weighted by atomic mass is 35.5. The van der Waals surface area contributed by atoms with Crippen LogP contribution in [0.1, 0.15) is 17.3 Å². The van der Waals surface area contributed by atoms with Gasteiger partial charge in [-0.3, -0.25) is 14.9 Å². The third-order valence-electron chi connectivity index (χ3n) is 3.18. The van der Waals surface area contributed by atoms with Crippen molar-refractivity contribution in [2.75, 3.05) is 18.5 Å². The summed E-state index contributed by atoms with van der Waals surface area (Å²) < 4.78 is 10.1. The number of nitro groups is 1. The summed E-state index contributed by atoms with van der Waals surface area (Å²) in [4.78, 5) is 34.3. The number of nitrogens with one attached hydrogen (secondary N) is 1. The Morgan fingerprint density at radius 2 is 1.96 bits per heavy atom. The van der Waals surface area contributed by atoms with Crippen LogP contribution in [0.15, 0.2) is 42.5 Å². The number of hydrogen-bond donors (Lipinski definition) is 1. The summed E-state index contributed by atoms with van der Waals surface area (Å²) in [5.41, 5.74) is -0.243. The Balaban J connectivity index is 2.02. The largest absolute Gasteiger partial charge is 0.494 e. The minimum absolute atomic E-state index is 0.0303. The van der Waals surface area contributed by atoms with Gasteiger partial charge in [-0.05, 0) is 31.2 Å². The number of hydrogen-bond acceptors (Lipinski definition) is 6. The second kappa shape index (κ2) is 8.82. The fraction of sp³-hybridized carbons (Fsp3) is 0.176. The first-order valence-electron chi connectivity index (χ1n) is 7.55. The topological polar surface area (TPSA) is 108 Å². The zero-order valence-electron chi connectivity index (χ0n) is 13.7. The summed E-state index contributed by atoms with van der Waals surface area (Å²) in [5, 5.41) is 13.7. The van der Waals surface area contributed by atoms with Crippen molar-refractivity contribution in [3.05, 3.63) is 63.2 Å². The lowest BCUT2D eigenvalue weighted by Gasteiger charge is -2.09. The lowest BCUT2D eigenvalue weighted by Crippen LogP contribution is -2.21. The second-order valence-electron chi connectivity index (χ2n) is 4.97. The molecule has 0 aromatic heterocycles. The molecule has 2 aromatic carbocycles. The molecule has 9 heteroatoms. The lowest BCUT2D eigenvalue weighted by atomic mass is 10.2. The molecule has 0 aliphatic rings. The maximum absolute atomic E-state index is 11.9. The van der Waals surface area contributed by atoms with Crippen molar-refractivity contribution in [1.29, 1.82) is 0 Å². The molecule has 0 unspecified atom stereocenters. The molecule has 0 spiro atoms. The number of rotatable bonds is 7. The quantitative estimate of drug-likeness (QED) is 0.449. The Kier molecular flexibility index (Phi) is 6.51. The van der Waals surface area contributed by atoms with Gasteiger partial charge in [-0.1, -0.05) is 23.7 Å². The zero-order valence-corrected chi connectivity index (χ0v) is 14.5. The Morgan fingerprint density at radius 3 is 2.62 bits per heavy atom. The van der Waals surface area contributed by atoms with Gasteiger partial charge in [0, 0.05) is 0 Å². The van der Waals surface area contributed by atoms with E-state index >= 15 is 0 Å². The first kappa shape index (κ1) is 19.2. The molecule has 0 saturated carbocycles. The number of benzene rings is 2. The number of nitro benzene ring substituents is 1. The van der Waals surface area contributed by atoms with Gasteiger partial charge < -0.3 is 14.8 Å². The predicted molar refractivity (Wildman–Crippen MR) is 94.6 cm³/mol. The number of esters is 1. The third kappa shape index (κ3) is 4.93. The van der Waals surface area contributed by atoms with Gasteiger partial charge in [-0.2, -0.15) is 0 Å². The van der Waals surface area contributed by atoms with Crippen molar-refractivity contribution >= 4 is 34.9 Å². The molecule has 0 aliphatic heterocycles. The predicted octanol–water partition coefficient (Wildman–Crippen LogP) is 3.44. The van der Waals surface area contributed by atoms with Crippen molar-refractivity contribution in [3.8, 4) is 5.75 Å². The van der Waals surface area contributed by atoms with E-state index in [9.17, 15) is 19.7 Å². The summed E-state index contributed by atoms with van der Waals surface area (Å²) in [6.45, 7) is 1.48. The maximum Gasteiger partial charge on any atom is 0.340 e. The average molecular weight is 379 g/mol. The number of halogens is 1. The molecule has 0 atom stereocenters. The van der Waals surface area contributed by atoms with Crippen molar-refractivity contribution in [2.24, 2.45) is 0 Å². The molecule has 2 rings (SSSR count). The molecular formula is C17H15ClN2O6. The molecule has 0 aliphatic carbocycles. The standard InChI is InChI=1S/C17H15ClN2O6/c1-2-25-11-7-8-14(15(9-11)20(23)24)19-16(21)10-26-17(22)12-5-3-4-6-13(12)18/h3-9H,2,10H2,1H3,(H,19,21). The molecule has 8 nitrogen and oxygen atoms in total. The van der Waals surface area contributed by atoms with Crippen LogP contribution in [0, 0.1) is 10.1 Å². The van der Waals surface area contributed by atoms with Gasteiger partial charge in [0.05, 0.1) is 28.2 Å². The van der Waals surface area contributed by atoms with Crippen LogP contribution in [-0.4, -0.2) is 30.0 Å². The van der Waals surface area contributed by atoms with E-state index in [0.717, 1.165) is 0 Å².